The molecule has 0 N–H and O–H groups in total. The molecule has 2 heteroatoms. The number of rotatable bonds is 5. The Balaban J connectivity index is 2.81. The molecule has 17 heavy (non-hydrogen) atoms. The Labute approximate surface area is 109 Å². The van der Waals surface area contributed by atoms with Crippen molar-refractivity contribution in [1.82, 2.24) is 0 Å². The molecule has 0 aliphatic carbocycles. The first-order valence-corrected chi connectivity index (χ1v) is 6.65. The first-order valence-electron chi connectivity index (χ1n) is 6.12. The highest BCUT2D eigenvalue weighted by atomic mass is 35.5. The SMILES string of the molecule is CCC(CC)Oc1ccccc1C#CCCCl. The molecule has 1 rings (SSSR count). The summed E-state index contributed by atoms with van der Waals surface area (Å²) in [5.74, 6) is 7.60. The van der Waals surface area contributed by atoms with Gasteiger partial charge in [0.1, 0.15) is 5.75 Å². The number of alkyl halides is 1. The van der Waals surface area contributed by atoms with Crippen LogP contribution in [0.25, 0.3) is 0 Å². The van der Waals surface area contributed by atoms with Gasteiger partial charge in [0.15, 0.2) is 0 Å². The van der Waals surface area contributed by atoms with E-state index in [1.807, 2.05) is 24.3 Å². The summed E-state index contributed by atoms with van der Waals surface area (Å²) in [5, 5.41) is 0. The fourth-order valence-electron chi connectivity index (χ4n) is 1.51. The lowest BCUT2D eigenvalue weighted by Crippen LogP contribution is -2.14. The van der Waals surface area contributed by atoms with E-state index in [0.717, 1.165) is 24.2 Å². The Hall–Kier alpha value is -1.13. The van der Waals surface area contributed by atoms with E-state index in [4.69, 9.17) is 16.3 Å². The third-order valence-electron chi connectivity index (χ3n) is 2.53. The van der Waals surface area contributed by atoms with Crippen LogP contribution in [0.2, 0.25) is 0 Å². The van der Waals surface area contributed by atoms with E-state index < -0.39 is 0 Å². The Bertz CT molecular complexity index is 385. The van der Waals surface area contributed by atoms with Gasteiger partial charge < -0.3 is 4.74 Å². The molecule has 0 spiro atoms. The molecule has 0 radical (unpaired) electrons. The Morgan fingerprint density at radius 2 is 1.94 bits per heavy atom. The summed E-state index contributed by atoms with van der Waals surface area (Å²) in [6, 6.07) is 7.91. The van der Waals surface area contributed by atoms with Crippen molar-refractivity contribution in [1.29, 1.82) is 0 Å². The molecular weight excluding hydrogens is 232 g/mol. The maximum Gasteiger partial charge on any atom is 0.135 e. The molecule has 1 aromatic carbocycles. The Morgan fingerprint density at radius 3 is 2.59 bits per heavy atom. The summed E-state index contributed by atoms with van der Waals surface area (Å²) in [7, 11) is 0. The van der Waals surface area contributed by atoms with Crippen molar-refractivity contribution in [2.24, 2.45) is 0 Å². The summed E-state index contributed by atoms with van der Waals surface area (Å²) in [6.45, 7) is 4.27. The quantitative estimate of drug-likeness (QED) is 0.561. The molecule has 0 aliphatic rings. The van der Waals surface area contributed by atoms with Crippen LogP contribution in [0.1, 0.15) is 38.7 Å². The Kier molecular flexibility index (Phi) is 6.58. The normalized spacial score (nSPS) is 9.88. The van der Waals surface area contributed by atoms with Gasteiger partial charge in [-0.05, 0) is 25.0 Å². The van der Waals surface area contributed by atoms with Crippen LogP contribution < -0.4 is 4.74 Å². The van der Waals surface area contributed by atoms with E-state index in [9.17, 15) is 0 Å². The van der Waals surface area contributed by atoms with Gasteiger partial charge in [-0.15, -0.1) is 11.6 Å². The molecule has 0 fully saturated rings. The number of ether oxygens (including phenoxy) is 1. The van der Waals surface area contributed by atoms with Crippen molar-refractivity contribution >= 4 is 11.6 Å². The smallest absolute Gasteiger partial charge is 0.135 e. The lowest BCUT2D eigenvalue weighted by atomic mass is 10.2. The maximum atomic E-state index is 5.94. The van der Waals surface area contributed by atoms with Crippen LogP contribution in [0.15, 0.2) is 24.3 Å². The van der Waals surface area contributed by atoms with Crippen molar-refractivity contribution in [2.45, 2.75) is 39.2 Å². The van der Waals surface area contributed by atoms with Gasteiger partial charge in [-0.1, -0.05) is 37.8 Å². The molecule has 0 saturated carbocycles. The molecule has 0 amide bonds. The molecule has 0 aliphatic heterocycles. The van der Waals surface area contributed by atoms with Gasteiger partial charge in [0, 0.05) is 12.3 Å². The van der Waals surface area contributed by atoms with Crippen molar-refractivity contribution < 1.29 is 4.74 Å². The minimum absolute atomic E-state index is 0.269. The molecular formula is C15H19ClO. The highest BCUT2D eigenvalue weighted by molar-refractivity contribution is 6.18. The van der Waals surface area contributed by atoms with Crippen molar-refractivity contribution in [3.05, 3.63) is 29.8 Å². The van der Waals surface area contributed by atoms with Gasteiger partial charge in [0.05, 0.1) is 11.7 Å². The molecule has 0 aromatic heterocycles. The van der Waals surface area contributed by atoms with Gasteiger partial charge in [-0.25, -0.2) is 0 Å². The van der Waals surface area contributed by atoms with Crippen LogP contribution in [0.4, 0.5) is 0 Å². The summed E-state index contributed by atoms with van der Waals surface area (Å²) in [6.07, 6.45) is 3.01. The van der Waals surface area contributed by atoms with Crippen molar-refractivity contribution in [2.75, 3.05) is 5.88 Å². The predicted octanol–water partition coefficient (Wildman–Crippen LogP) is 4.23. The summed E-state index contributed by atoms with van der Waals surface area (Å²) < 4.78 is 5.94. The van der Waals surface area contributed by atoms with E-state index in [2.05, 4.69) is 25.7 Å². The molecule has 0 atom stereocenters. The first kappa shape index (κ1) is 13.9. The van der Waals surface area contributed by atoms with Crippen LogP contribution in [0.3, 0.4) is 0 Å². The van der Waals surface area contributed by atoms with Gasteiger partial charge in [-0.2, -0.15) is 0 Å². The summed E-state index contributed by atoms with van der Waals surface area (Å²) in [5.41, 5.74) is 0.949. The highest BCUT2D eigenvalue weighted by Gasteiger charge is 2.07. The van der Waals surface area contributed by atoms with E-state index in [0.29, 0.717) is 12.3 Å². The first-order chi connectivity index (χ1) is 8.31. The van der Waals surface area contributed by atoms with Crippen molar-refractivity contribution in [3.8, 4) is 17.6 Å². The second-order valence-corrected chi connectivity index (χ2v) is 4.17. The maximum absolute atomic E-state index is 5.94. The molecule has 0 saturated heterocycles. The molecule has 1 aromatic rings. The molecule has 92 valence electrons. The number of hydrogen-bond donors (Lipinski definition) is 0. The standard InChI is InChI=1S/C15H19ClO/c1-3-14(4-2)17-15-11-6-5-9-13(15)10-7-8-12-16/h5-6,9,11,14H,3-4,8,12H2,1-2H3. The van der Waals surface area contributed by atoms with E-state index in [-0.39, 0.29) is 6.10 Å². The summed E-state index contributed by atoms with van der Waals surface area (Å²) >= 11 is 5.60. The third kappa shape index (κ3) is 4.71. The van der Waals surface area contributed by atoms with E-state index >= 15 is 0 Å². The monoisotopic (exact) mass is 250 g/mol. The predicted molar refractivity (Wildman–Crippen MR) is 73.7 cm³/mol. The largest absolute Gasteiger partial charge is 0.489 e. The molecule has 0 bridgehead atoms. The van der Waals surface area contributed by atoms with Crippen LogP contribution in [0.5, 0.6) is 5.75 Å². The van der Waals surface area contributed by atoms with E-state index in [1.54, 1.807) is 0 Å². The zero-order valence-corrected chi connectivity index (χ0v) is 11.3. The third-order valence-corrected chi connectivity index (χ3v) is 2.72. The van der Waals surface area contributed by atoms with Crippen LogP contribution in [-0.2, 0) is 0 Å². The van der Waals surface area contributed by atoms with Crippen LogP contribution in [-0.4, -0.2) is 12.0 Å². The molecule has 1 nitrogen and oxygen atoms in total. The van der Waals surface area contributed by atoms with Gasteiger partial charge in [-0.3, -0.25) is 0 Å². The average molecular weight is 251 g/mol. The van der Waals surface area contributed by atoms with Crippen LogP contribution >= 0.6 is 11.6 Å². The summed E-state index contributed by atoms with van der Waals surface area (Å²) in [4.78, 5) is 0. The molecule has 0 heterocycles. The Morgan fingerprint density at radius 1 is 1.24 bits per heavy atom. The number of para-hydroxylation sites is 1. The van der Waals surface area contributed by atoms with Crippen molar-refractivity contribution in [3.63, 3.8) is 0 Å². The van der Waals surface area contributed by atoms with Gasteiger partial charge in [0.25, 0.3) is 0 Å². The second kappa shape index (κ2) is 8.03. The molecule has 0 unspecified atom stereocenters. The van der Waals surface area contributed by atoms with Gasteiger partial charge >= 0.3 is 0 Å². The fourth-order valence-corrected chi connectivity index (χ4v) is 1.61. The number of halogens is 1. The average Bonchev–Trinajstić information content (AvgIpc) is 2.38. The lowest BCUT2D eigenvalue weighted by molar-refractivity contribution is 0.192. The van der Waals surface area contributed by atoms with E-state index in [1.165, 1.54) is 0 Å². The highest BCUT2D eigenvalue weighted by Crippen LogP contribution is 2.20. The minimum atomic E-state index is 0.269. The lowest BCUT2D eigenvalue weighted by Gasteiger charge is -2.16. The number of hydrogen-bond acceptors (Lipinski definition) is 1. The van der Waals surface area contributed by atoms with Gasteiger partial charge in [0.2, 0.25) is 0 Å². The minimum Gasteiger partial charge on any atom is -0.489 e. The number of benzene rings is 1. The zero-order chi connectivity index (χ0) is 12.5. The zero-order valence-electron chi connectivity index (χ0n) is 10.5. The van der Waals surface area contributed by atoms with Crippen LogP contribution in [0, 0.1) is 11.8 Å². The second-order valence-electron chi connectivity index (χ2n) is 3.79. The fraction of sp³-hybridized carbons (Fsp3) is 0.467. The topological polar surface area (TPSA) is 9.23 Å².